The lowest BCUT2D eigenvalue weighted by atomic mass is 9.97. The van der Waals surface area contributed by atoms with Gasteiger partial charge in [0.25, 0.3) is 0 Å². The largest absolute Gasteiger partial charge is 0.316 e. The van der Waals surface area contributed by atoms with E-state index in [2.05, 4.69) is 49.2 Å². The van der Waals surface area contributed by atoms with Gasteiger partial charge in [-0.25, -0.2) is 0 Å². The van der Waals surface area contributed by atoms with Gasteiger partial charge in [-0.3, -0.25) is 4.90 Å². The van der Waals surface area contributed by atoms with Crippen LogP contribution in [-0.2, 0) is 0 Å². The second-order valence-electron chi connectivity index (χ2n) is 6.01. The molecule has 1 saturated heterocycles. The highest BCUT2D eigenvalue weighted by Gasteiger charge is 2.47. The number of hydrogen-bond acceptors (Lipinski definition) is 2. The fraction of sp³-hybridized carbons (Fsp3) is 0.765. The Morgan fingerprint density at radius 1 is 1.47 bits per heavy atom. The summed E-state index contributed by atoms with van der Waals surface area (Å²) < 4.78 is 0. The molecule has 0 saturated carbocycles. The first-order chi connectivity index (χ1) is 9.14. The molecule has 0 radical (unpaired) electrons. The Balaban J connectivity index is 2.13. The second kappa shape index (κ2) is 8.40. The van der Waals surface area contributed by atoms with Crippen molar-refractivity contribution in [1.29, 1.82) is 0 Å². The Labute approximate surface area is 119 Å². The van der Waals surface area contributed by atoms with Gasteiger partial charge in [-0.15, -0.1) is 12.3 Å². The molecule has 0 aromatic rings. The van der Waals surface area contributed by atoms with Crippen molar-refractivity contribution in [1.82, 2.24) is 10.2 Å². The fourth-order valence-corrected chi connectivity index (χ4v) is 2.73. The van der Waals surface area contributed by atoms with Gasteiger partial charge in [0.2, 0.25) is 0 Å². The summed E-state index contributed by atoms with van der Waals surface area (Å²) in [5, 5.41) is 3.55. The molecule has 0 bridgehead atoms. The summed E-state index contributed by atoms with van der Waals surface area (Å²) in [6.07, 6.45) is 15.7. The number of terminal acetylenes is 1. The van der Waals surface area contributed by atoms with Gasteiger partial charge in [0.05, 0.1) is 0 Å². The lowest BCUT2D eigenvalue weighted by Gasteiger charge is -2.17. The second-order valence-corrected chi connectivity index (χ2v) is 6.01. The molecule has 19 heavy (non-hydrogen) atoms. The first-order valence-electron chi connectivity index (χ1n) is 7.61. The number of hydrogen-bond donors (Lipinski definition) is 1. The first-order valence-corrected chi connectivity index (χ1v) is 7.61. The minimum Gasteiger partial charge on any atom is -0.316 e. The molecule has 1 aliphatic heterocycles. The van der Waals surface area contributed by atoms with Crippen molar-refractivity contribution in [3.63, 3.8) is 0 Å². The van der Waals surface area contributed by atoms with Gasteiger partial charge in [0.1, 0.15) is 0 Å². The van der Waals surface area contributed by atoms with E-state index in [9.17, 15) is 0 Å². The quantitative estimate of drug-likeness (QED) is 0.282. The smallest absolute Gasteiger partial charge is 0.0346 e. The highest BCUT2D eigenvalue weighted by molar-refractivity contribution is 5.05. The van der Waals surface area contributed by atoms with E-state index in [-0.39, 0.29) is 0 Å². The number of nitrogens with zero attached hydrogens (tertiary/aromatic N) is 1. The van der Waals surface area contributed by atoms with Crippen molar-refractivity contribution in [3.05, 3.63) is 12.2 Å². The molecule has 1 rings (SSSR count). The molecule has 3 unspecified atom stereocenters. The van der Waals surface area contributed by atoms with Gasteiger partial charge in [0, 0.05) is 18.5 Å². The van der Waals surface area contributed by atoms with Crippen molar-refractivity contribution in [3.8, 4) is 12.3 Å². The SMILES string of the molecule is C#CCC(C)CNCCC1(CCC/C=C\C)CN1C. The van der Waals surface area contributed by atoms with Gasteiger partial charge in [-0.1, -0.05) is 19.1 Å². The summed E-state index contributed by atoms with van der Waals surface area (Å²) in [6.45, 7) is 7.74. The van der Waals surface area contributed by atoms with Crippen LogP contribution < -0.4 is 5.32 Å². The Kier molecular flexibility index (Phi) is 7.20. The molecule has 2 heteroatoms. The summed E-state index contributed by atoms with van der Waals surface area (Å²) >= 11 is 0. The van der Waals surface area contributed by atoms with Crippen LogP contribution in [0.5, 0.6) is 0 Å². The average Bonchev–Trinajstić information content (AvgIpc) is 3.02. The van der Waals surface area contributed by atoms with Crippen molar-refractivity contribution in [2.45, 2.75) is 51.5 Å². The summed E-state index contributed by atoms with van der Waals surface area (Å²) in [5.74, 6) is 3.32. The van der Waals surface area contributed by atoms with E-state index in [0.29, 0.717) is 11.5 Å². The Hall–Kier alpha value is -0.780. The molecule has 2 nitrogen and oxygen atoms in total. The third-order valence-electron chi connectivity index (χ3n) is 4.21. The van der Waals surface area contributed by atoms with Crippen LogP contribution in [0.1, 0.15) is 46.0 Å². The van der Waals surface area contributed by atoms with Crippen molar-refractivity contribution >= 4 is 0 Å². The van der Waals surface area contributed by atoms with E-state index in [1.54, 1.807) is 0 Å². The summed E-state index contributed by atoms with van der Waals surface area (Å²) in [5.41, 5.74) is 0.490. The van der Waals surface area contributed by atoms with Crippen LogP contribution in [0.4, 0.5) is 0 Å². The van der Waals surface area contributed by atoms with Crippen LogP contribution in [0.25, 0.3) is 0 Å². The van der Waals surface area contributed by atoms with Crippen LogP contribution in [0.3, 0.4) is 0 Å². The topological polar surface area (TPSA) is 15.0 Å². The summed E-state index contributed by atoms with van der Waals surface area (Å²) in [4.78, 5) is 2.50. The van der Waals surface area contributed by atoms with Gasteiger partial charge in [-0.2, -0.15) is 0 Å². The van der Waals surface area contributed by atoms with E-state index < -0.39 is 0 Å². The summed E-state index contributed by atoms with van der Waals surface area (Å²) in [7, 11) is 2.25. The molecule has 3 atom stereocenters. The molecule has 1 heterocycles. The Bertz CT molecular complexity index is 316. The highest BCUT2D eigenvalue weighted by Crippen LogP contribution is 2.38. The van der Waals surface area contributed by atoms with E-state index in [1.165, 1.54) is 32.2 Å². The molecule has 0 aromatic carbocycles. The summed E-state index contributed by atoms with van der Waals surface area (Å²) in [6, 6.07) is 0. The minimum atomic E-state index is 0.490. The maximum absolute atomic E-state index is 5.32. The maximum atomic E-state index is 5.32. The Morgan fingerprint density at radius 2 is 2.21 bits per heavy atom. The van der Waals surface area contributed by atoms with Crippen molar-refractivity contribution in [2.24, 2.45) is 5.92 Å². The monoisotopic (exact) mass is 262 g/mol. The molecular formula is C17H30N2. The average molecular weight is 262 g/mol. The predicted molar refractivity (Wildman–Crippen MR) is 84.1 cm³/mol. The van der Waals surface area contributed by atoms with Crippen molar-refractivity contribution < 1.29 is 0 Å². The Morgan fingerprint density at radius 3 is 2.79 bits per heavy atom. The van der Waals surface area contributed by atoms with E-state index in [1.807, 2.05) is 0 Å². The van der Waals surface area contributed by atoms with Gasteiger partial charge < -0.3 is 5.32 Å². The fourth-order valence-electron chi connectivity index (χ4n) is 2.73. The maximum Gasteiger partial charge on any atom is 0.0346 e. The zero-order valence-electron chi connectivity index (χ0n) is 12.9. The van der Waals surface area contributed by atoms with Gasteiger partial charge >= 0.3 is 0 Å². The third-order valence-corrected chi connectivity index (χ3v) is 4.21. The standard InChI is InChI=1S/C17H30N2/c1-5-7-8-9-11-17(15-19(17)4)12-13-18-14-16(3)10-6-2/h2,5,7,16,18H,8-15H2,1,3-4H3/b7-5-. The molecule has 0 spiro atoms. The van der Waals surface area contributed by atoms with E-state index >= 15 is 0 Å². The van der Waals surface area contributed by atoms with Crippen molar-refractivity contribution in [2.75, 3.05) is 26.7 Å². The lowest BCUT2D eigenvalue weighted by Crippen LogP contribution is -2.28. The normalized spacial score (nSPS) is 27.4. The predicted octanol–water partition coefficient (Wildman–Crippen LogP) is 3.06. The zero-order valence-corrected chi connectivity index (χ0v) is 12.9. The van der Waals surface area contributed by atoms with Crippen LogP contribution in [0.15, 0.2) is 12.2 Å². The number of rotatable bonds is 10. The van der Waals surface area contributed by atoms with Crippen LogP contribution >= 0.6 is 0 Å². The zero-order chi connectivity index (χ0) is 14.1. The molecular weight excluding hydrogens is 232 g/mol. The molecule has 0 aromatic heterocycles. The van der Waals surface area contributed by atoms with Gasteiger partial charge in [0.15, 0.2) is 0 Å². The van der Waals surface area contributed by atoms with Crippen LogP contribution in [0, 0.1) is 18.3 Å². The number of likely N-dealkylation sites (N-methyl/N-ethyl adjacent to an activating group) is 1. The first kappa shape index (κ1) is 16.3. The molecule has 1 N–H and O–H groups in total. The van der Waals surface area contributed by atoms with E-state index in [4.69, 9.17) is 6.42 Å². The van der Waals surface area contributed by atoms with E-state index in [0.717, 1.165) is 19.5 Å². The number of nitrogens with one attached hydrogen (secondary N) is 1. The van der Waals surface area contributed by atoms with Crippen LogP contribution in [0.2, 0.25) is 0 Å². The highest BCUT2D eigenvalue weighted by atomic mass is 15.3. The number of unbranched alkanes of at least 4 members (excludes halogenated alkanes) is 1. The van der Waals surface area contributed by atoms with Gasteiger partial charge in [-0.05, 0) is 58.7 Å². The molecule has 0 aliphatic carbocycles. The molecule has 108 valence electrons. The number of allylic oxidation sites excluding steroid dienone is 2. The molecule has 0 amide bonds. The molecule has 1 fully saturated rings. The minimum absolute atomic E-state index is 0.490. The molecule has 1 aliphatic rings. The third kappa shape index (κ3) is 5.80. The lowest BCUT2D eigenvalue weighted by molar-refractivity contribution is 0.385. The van der Waals surface area contributed by atoms with Crippen LogP contribution in [-0.4, -0.2) is 37.1 Å².